The molecule has 2 rings (SSSR count). The molecule has 1 amide bonds. The number of rotatable bonds is 2. The van der Waals surface area contributed by atoms with Gasteiger partial charge in [0.2, 0.25) is 0 Å². The van der Waals surface area contributed by atoms with Gasteiger partial charge < -0.3 is 4.90 Å². The Bertz CT molecular complexity index is 564. The summed E-state index contributed by atoms with van der Waals surface area (Å²) < 4.78 is 51.4. The average molecular weight is 339 g/mol. The van der Waals surface area contributed by atoms with Crippen molar-refractivity contribution in [3.05, 3.63) is 35.1 Å². The van der Waals surface area contributed by atoms with E-state index in [1.807, 2.05) is 4.90 Å². The summed E-state index contributed by atoms with van der Waals surface area (Å²) >= 11 is 5.45. The van der Waals surface area contributed by atoms with Crippen molar-refractivity contribution in [3.8, 4) is 0 Å². The van der Waals surface area contributed by atoms with Crippen LogP contribution in [-0.2, 0) is 12.7 Å². The zero-order chi connectivity index (χ0) is 16.5. The fourth-order valence-electron chi connectivity index (χ4n) is 2.60. The lowest BCUT2D eigenvalue weighted by Crippen LogP contribution is -2.52. The molecule has 0 saturated carbocycles. The van der Waals surface area contributed by atoms with Crippen LogP contribution >= 0.6 is 11.6 Å². The molecule has 0 aromatic heterocycles. The van der Waals surface area contributed by atoms with Gasteiger partial charge in [0.05, 0.1) is 5.56 Å². The van der Waals surface area contributed by atoms with Crippen molar-refractivity contribution < 1.29 is 22.4 Å². The van der Waals surface area contributed by atoms with Gasteiger partial charge in [-0.3, -0.25) is 9.69 Å². The molecule has 122 valence electrons. The van der Waals surface area contributed by atoms with E-state index >= 15 is 0 Å². The Balaban J connectivity index is 2.09. The molecule has 1 fully saturated rings. The second kappa shape index (κ2) is 6.42. The molecule has 1 aromatic carbocycles. The lowest BCUT2D eigenvalue weighted by atomic mass is 10.1. The number of carbonyl (C=O) groups is 1. The molecule has 1 saturated heterocycles. The van der Waals surface area contributed by atoms with Gasteiger partial charge in [-0.25, -0.2) is 4.39 Å². The van der Waals surface area contributed by atoms with Crippen molar-refractivity contribution in [3.63, 3.8) is 0 Å². The summed E-state index contributed by atoms with van der Waals surface area (Å²) in [6.07, 6.45) is -4.58. The van der Waals surface area contributed by atoms with E-state index in [9.17, 15) is 22.4 Å². The van der Waals surface area contributed by atoms with Crippen LogP contribution in [0.15, 0.2) is 18.2 Å². The molecular formula is C14H15ClF4N2O. The van der Waals surface area contributed by atoms with Gasteiger partial charge in [0.25, 0.3) is 0 Å². The summed E-state index contributed by atoms with van der Waals surface area (Å²) in [6.45, 7) is 3.33. The maximum Gasteiger partial charge on any atom is 0.416 e. The topological polar surface area (TPSA) is 23.6 Å². The molecule has 1 aliphatic rings. The van der Waals surface area contributed by atoms with Crippen LogP contribution in [-0.4, -0.2) is 40.8 Å². The van der Waals surface area contributed by atoms with E-state index in [0.717, 1.165) is 12.1 Å². The number of halogens is 5. The minimum absolute atomic E-state index is 0.144. The quantitative estimate of drug-likeness (QED) is 0.466. The summed E-state index contributed by atoms with van der Waals surface area (Å²) in [5.74, 6) is -0.910. The number of carbonyl (C=O) groups excluding carboxylic acids is 1. The third kappa shape index (κ3) is 4.10. The number of nitrogens with zero attached hydrogens (tertiary/aromatic N) is 2. The first-order valence-electron chi connectivity index (χ1n) is 6.72. The zero-order valence-electron chi connectivity index (χ0n) is 11.8. The van der Waals surface area contributed by atoms with Crippen LogP contribution in [0.3, 0.4) is 0 Å². The van der Waals surface area contributed by atoms with Crippen molar-refractivity contribution in [1.82, 2.24) is 9.80 Å². The number of amides is 1. The zero-order valence-corrected chi connectivity index (χ0v) is 12.6. The summed E-state index contributed by atoms with van der Waals surface area (Å²) in [5.41, 5.74) is -0.740. The second-order valence-corrected chi connectivity index (χ2v) is 5.70. The van der Waals surface area contributed by atoms with E-state index < -0.39 is 22.9 Å². The predicted molar refractivity (Wildman–Crippen MR) is 74.1 cm³/mol. The van der Waals surface area contributed by atoms with Gasteiger partial charge in [0.1, 0.15) is 5.82 Å². The fourth-order valence-corrected chi connectivity index (χ4v) is 2.85. The maximum atomic E-state index is 13.4. The molecule has 1 atom stereocenters. The minimum Gasteiger partial charge on any atom is -0.324 e. The van der Waals surface area contributed by atoms with Crippen molar-refractivity contribution in [2.24, 2.45) is 0 Å². The van der Waals surface area contributed by atoms with Gasteiger partial charge >= 0.3 is 11.5 Å². The van der Waals surface area contributed by atoms with Gasteiger partial charge in [-0.1, -0.05) is 0 Å². The maximum absolute atomic E-state index is 13.4. The monoisotopic (exact) mass is 338 g/mol. The van der Waals surface area contributed by atoms with E-state index in [1.54, 1.807) is 6.92 Å². The first-order chi connectivity index (χ1) is 10.2. The molecule has 1 aliphatic heterocycles. The number of hydrogen-bond donors (Lipinski definition) is 0. The van der Waals surface area contributed by atoms with Crippen LogP contribution in [0, 0.1) is 5.82 Å². The highest BCUT2D eigenvalue weighted by atomic mass is 35.5. The SMILES string of the molecule is C[C@@H]1CN(Cc2cc(F)cc(C(F)(F)F)c2)CCN1C(=O)Cl. The normalized spacial score (nSPS) is 20.3. The molecule has 8 heteroatoms. The number of hydrogen-bond acceptors (Lipinski definition) is 2. The minimum atomic E-state index is -4.58. The first-order valence-corrected chi connectivity index (χ1v) is 7.09. The van der Waals surface area contributed by atoms with Crippen molar-refractivity contribution >= 4 is 17.0 Å². The van der Waals surface area contributed by atoms with Crippen LogP contribution in [0.4, 0.5) is 22.4 Å². The lowest BCUT2D eigenvalue weighted by molar-refractivity contribution is -0.137. The molecule has 3 nitrogen and oxygen atoms in total. The predicted octanol–water partition coefficient (Wildman–Crippen LogP) is 3.71. The van der Waals surface area contributed by atoms with E-state index in [-0.39, 0.29) is 18.2 Å². The highest BCUT2D eigenvalue weighted by Crippen LogP contribution is 2.30. The highest BCUT2D eigenvalue weighted by Gasteiger charge is 2.32. The standard InChI is InChI=1S/C14H15ClF4N2O/c1-9-7-20(2-3-21(9)13(15)22)8-10-4-11(14(17,18)19)6-12(16)5-10/h4-6,9H,2-3,7-8H2,1H3/t9-/m1/s1. The Morgan fingerprint density at radius 1 is 1.32 bits per heavy atom. The highest BCUT2D eigenvalue weighted by molar-refractivity contribution is 6.62. The van der Waals surface area contributed by atoms with E-state index in [1.165, 1.54) is 4.90 Å². The average Bonchev–Trinajstić information content (AvgIpc) is 2.36. The third-order valence-corrected chi connectivity index (χ3v) is 3.85. The van der Waals surface area contributed by atoms with Gasteiger partial charge in [-0.2, -0.15) is 13.2 Å². The fraction of sp³-hybridized carbons (Fsp3) is 0.500. The number of alkyl halides is 3. The van der Waals surface area contributed by atoms with Crippen LogP contribution in [0.5, 0.6) is 0 Å². The molecule has 1 aromatic rings. The second-order valence-electron chi connectivity index (χ2n) is 5.38. The van der Waals surface area contributed by atoms with Crippen LogP contribution in [0.25, 0.3) is 0 Å². The molecule has 0 N–H and O–H groups in total. The first kappa shape index (κ1) is 17.0. The molecule has 0 bridgehead atoms. The molecule has 0 radical (unpaired) electrons. The van der Waals surface area contributed by atoms with E-state index in [2.05, 4.69) is 0 Å². The molecule has 0 aliphatic carbocycles. The van der Waals surface area contributed by atoms with Crippen molar-refractivity contribution in [1.29, 1.82) is 0 Å². The largest absolute Gasteiger partial charge is 0.416 e. The van der Waals surface area contributed by atoms with Gasteiger partial charge in [0.15, 0.2) is 0 Å². The van der Waals surface area contributed by atoms with Crippen LogP contribution < -0.4 is 0 Å². The summed E-state index contributed by atoms with van der Waals surface area (Å²) in [4.78, 5) is 14.5. The molecule has 0 unspecified atom stereocenters. The van der Waals surface area contributed by atoms with Crippen LogP contribution in [0.1, 0.15) is 18.1 Å². The lowest BCUT2D eigenvalue weighted by Gasteiger charge is -2.38. The molecule has 0 spiro atoms. The Morgan fingerprint density at radius 3 is 2.55 bits per heavy atom. The van der Waals surface area contributed by atoms with E-state index in [4.69, 9.17) is 11.6 Å². The molecular weight excluding hydrogens is 324 g/mol. The summed E-state index contributed by atoms with van der Waals surface area (Å²) in [5, 5.41) is -0.544. The Hall–Kier alpha value is -1.34. The molecule has 1 heterocycles. The third-order valence-electron chi connectivity index (χ3n) is 3.63. The van der Waals surface area contributed by atoms with Gasteiger partial charge in [-0.15, -0.1) is 0 Å². The van der Waals surface area contributed by atoms with Crippen LogP contribution in [0.2, 0.25) is 0 Å². The molecule has 22 heavy (non-hydrogen) atoms. The van der Waals surface area contributed by atoms with Crippen molar-refractivity contribution in [2.75, 3.05) is 19.6 Å². The van der Waals surface area contributed by atoms with Crippen molar-refractivity contribution in [2.45, 2.75) is 25.7 Å². The van der Waals surface area contributed by atoms with Gasteiger partial charge in [0, 0.05) is 32.2 Å². The van der Waals surface area contributed by atoms with E-state index in [0.29, 0.717) is 25.7 Å². The Kier molecular flexibility index (Phi) is 4.97. The summed E-state index contributed by atoms with van der Waals surface area (Å²) in [6, 6.07) is 2.39. The Labute approximate surface area is 130 Å². The summed E-state index contributed by atoms with van der Waals surface area (Å²) in [7, 11) is 0. The smallest absolute Gasteiger partial charge is 0.324 e. The Morgan fingerprint density at radius 2 is 2.00 bits per heavy atom. The number of piperazine rings is 1. The number of benzene rings is 1. The van der Waals surface area contributed by atoms with Gasteiger partial charge in [-0.05, 0) is 42.3 Å².